The van der Waals surface area contributed by atoms with Gasteiger partial charge in [-0.15, -0.1) is 0 Å². The Balaban J connectivity index is 1.71. The fourth-order valence-corrected chi connectivity index (χ4v) is 3.58. The summed E-state index contributed by atoms with van der Waals surface area (Å²) in [5.41, 5.74) is 3.40. The molecular weight excluding hydrogens is 372 g/mol. The van der Waals surface area contributed by atoms with Gasteiger partial charge in [-0.25, -0.2) is 0 Å². The number of benzene rings is 1. The van der Waals surface area contributed by atoms with Crippen molar-refractivity contribution in [1.29, 1.82) is 0 Å². The van der Waals surface area contributed by atoms with E-state index in [2.05, 4.69) is 26.2 Å². The number of aromatic amines is 1. The highest BCUT2D eigenvalue weighted by Gasteiger charge is 2.17. The topological polar surface area (TPSA) is 75.1 Å². The Morgan fingerprint density at radius 2 is 1.92 bits per heavy atom. The fraction of sp³-hybridized carbons (Fsp3) is 0.222. The predicted octanol–water partition coefficient (Wildman–Crippen LogP) is 4.01. The summed E-state index contributed by atoms with van der Waals surface area (Å²) in [7, 11) is 0. The normalized spacial score (nSPS) is 13.7. The van der Waals surface area contributed by atoms with Crippen LogP contribution >= 0.6 is 15.9 Å². The van der Waals surface area contributed by atoms with Crippen molar-refractivity contribution in [3.05, 3.63) is 62.2 Å². The molecule has 1 aliphatic carbocycles. The van der Waals surface area contributed by atoms with Crippen LogP contribution in [0, 0.1) is 0 Å². The molecule has 0 bridgehead atoms. The molecule has 6 heteroatoms. The number of hydrogen-bond acceptors (Lipinski definition) is 3. The number of hydrogen-bond donors (Lipinski definition) is 2. The molecule has 2 heterocycles. The SMILES string of the molecule is O=C(Nc1ccc2c3c(c(=O)[nH]c2c1)CCCC3)c1ccc(Br)o1. The molecule has 3 aromatic rings. The summed E-state index contributed by atoms with van der Waals surface area (Å²) < 4.78 is 5.75. The van der Waals surface area contributed by atoms with Gasteiger partial charge in [-0.3, -0.25) is 9.59 Å². The van der Waals surface area contributed by atoms with Crippen molar-refractivity contribution in [3.8, 4) is 0 Å². The predicted molar refractivity (Wildman–Crippen MR) is 95.6 cm³/mol. The van der Waals surface area contributed by atoms with Gasteiger partial charge in [0.2, 0.25) is 0 Å². The summed E-state index contributed by atoms with van der Waals surface area (Å²) in [6.07, 6.45) is 3.94. The van der Waals surface area contributed by atoms with E-state index >= 15 is 0 Å². The third-order valence-electron chi connectivity index (χ3n) is 4.39. The van der Waals surface area contributed by atoms with E-state index in [1.807, 2.05) is 12.1 Å². The molecule has 24 heavy (non-hydrogen) atoms. The number of fused-ring (bicyclic) bond motifs is 3. The summed E-state index contributed by atoms with van der Waals surface area (Å²) in [6.45, 7) is 0. The standard InChI is InChI=1S/C18H15BrN2O3/c19-16-8-7-15(24-16)18(23)20-10-5-6-12-11-3-1-2-4-13(11)17(22)21-14(12)9-10/h5-9H,1-4H2,(H,20,23)(H,21,22). The van der Waals surface area contributed by atoms with Crippen LogP contribution in [0.15, 0.2) is 44.2 Å². The molecule has 5 nitrogen and oxygen atoms in total. The number of H-pyrrole nitrogens is 1. The Morgan fingerprint density at radius 1 is 1.12 bits per heavy atom. The zero-order chi connectivity index (χ0) is 16.7. The Morgan fingerprint density at radius 3 is 2.67 bits per heavy atom. The summed E-state index contributed by atoms with van der Waals surface area (Å²) in [5.74, 6) is -0.110. The summed E-state index contributed by atoms with van der Waals surface area (Å²) in [5, 5.41) is 3.85. The Bertz CT molecular complexity index is 1000. The second kappa shape index (κ2) is 5.94. The Labute approximate surface area is 146 Å². The minimum atomic E-state index is -0.333. The molecule has 1 amide bonds. The molecular formula is C18H15BrN2O3. The van der Waals surface area contributed by atoms with Gasteiger partial charge in [-0.05, 0) is 71.4 Å². The van der Waals surface area contributed by atoms with Crippen LogP contribution in [0.5, 0.6) is 0 Å². The number of amides is 1. The van der Waals surface area contributed by atoms with Crippen LogP contribution < -0.4 is 10.9 Å². The lowest BCUT2D eigenvalue weighted by Gasteiger charge is -2.17. The number of anilines is 1. The number of pyridine rings is 1. The minimum absolute atomic E-state index is 0.0179. The van der Waals surface area contributed by atoms with E-state index in [9.17, 15) is 9.59 Å². The van der Waals surface area contributed by atoms with E-state index < -0.39 is 0 Å². The van der Waals surface area contributed by atoms with Gasteiger partial charge in [0.15, 0.2) is 10.4 Å². The lowest BCUT2D eigenvalue weighted by atomic mass is 9.90. The largest absolute Gasteiger partial charge is 0.444 e. The molecule has 2 N–H and O–H groups in total. The van der Waals surface area contributed by atoms with Gasteiger partial charge in [0, 0.05) is 16.6 Å². The first kappa shape index (κ1) is 15.2. The van der Waals surface area contributed by atoms with E-state index in [0.717, 1.165) is 47.7 Å². The third-order valence-corrected chi connectivity index (χ3v) is 4.82. The van der Waals surface area contributed by atoms with Gasteiger partial charge >= 0.3 is 0 Å². The van der Waals surface area contributed by atoms with Crippen LogP contribution in [-0.4, -0.2) is 10.9 Å². The van der Waals surface area contributed by atoms with Gasteiger partial charge in [0.25, 0.3) is 11.5 Å². The smallest absolute Gasteiger partial charge is 0.291 e. The first-order valence-electron chi connectivity index (χ1n) is 7.86. The van der Waals surface area contributed by atoms with Gasteiger partial charge in [-0.2, -0.15) is 0 Å². The second-order valence-corrected chi connectivity index (χ2v) is 6.72. The van der Waals surface area contributed by atoms with Crippen LogP contribution in [0.2, 0.25) is 0 Å². The van der Waals surface area contributed by atoms with E-state index in [1.54, 1.807) is 18.2 Å². The van der Waals surface area contributed by atoms with Crippen molar-refractivity contribution < 1.29 is 9.21 Å². The number of aromatic nitrogens is 1. The molecule has 0 fully saturated rings. The summed E-state index contributed by atoms with van der Waals surface area (Å²) in [6, 6.07) is 8.87. The zero-order valence-electron chi connectivity index (χ0n) is 12.8. The molecule has 0 atom stereocenters. The third kappa shape index (κ3) is 2.67. The summed E-state index contributed by atoms with van der Waals surface area (Å²) >= 11 is 3.17. The van der Waals surface area contributed by atoms with E-state index in [4.69, 9.17) is 4.42 Å². The monoisotopic (exact) mass is 386 g/mol. The van der Waals surface area contributed by atoms with E-state index in [-0.39, 0.29) is 17.2 Å². The van der Waals surface area contributed by atoms with Crippen molar-refractivity contribution in [2.45, 2.75) is 25.7 Å². The first-order valence-corrected chi connectivity index (χ1v) is 8.65. The maximum atomic E-state index is 12.3. The lowest BCUT2D eigenvalue weighted by Crippen LogP contribution is -2.19. The molecule has 0 unspecified atom stereocenters. The molecule has 4 rings (SSSR count). The molecule has 1 aromatic carbocycles. The molecule has 0 saturated heterocycles. The van der Waals surface area contributed by atoms with Crippen molar-refractivity contribution in [3.63, 3.8) is 0 Å². The number of carbonyl (C=O) groups is 1. The van der Waals surface area contributed by atoms with Crippen molar-refractivity contribution >= 4 is 38.4 Å². The maximum absolute atomic E-state index is 12.3. The highest BCUT2D eigenvalue weighted by atomic mass is 79.9. The average molecular weight is 387 g/mol. The highest BCUT2D eigenvalue weighted by molar-refractivity contribution is 9.10. The van der Waals surface area contributed by atoms with Gasteiger partial charge in [0.1, 0.15) is 0 Å². The summed E-state index contributed by atoms with van der Waals surface area (Å²) in [4.78, 5) is 27.4. The van der Waals surface area contributed by atoms with Gasteiger partial charge in [-0.1, -0.05) is 6.07 Å². The number of carbonyl (C=O) groups excluding carboxylic acids is 1. The maximum Gasteiger partial charge on any atom is 0.291 e. The molecule has 0 saturated carbocycles. The van der Waals surface area contributed by atoms with Crippen LogP contribution in [-0.2, 0) is 12.8 Å². The van der Waals surface area contributed by atoms with E-state index in [0.29, 0.717) is 10.4 Å². The molecule has 0 spiro atoms. The number of aryl methyl sites for hydroxylation is 1. The van der Waals surface area contributed by atoms with E-state index in [1.165, 1.54) is 0 Å². The quantitative estimate of drug-likeness (QED) is 0.698. The number of nitrogens with one attached hydrogen (secondary N) is 2. The van der Waals surface area contributed by atoms with Gasteiger partial charge < -0.3 is 14.7 Å². The molecule has 122 valence electrons. The zero-order valence-corrected chi connectivity index (χ0v) is 14.4. The second-order valence-electron chi connectivity index (χ2n) is 5.94. The molecule has 0 aliphatic heterocycles. The lowest BCUT2D eigenvalue weighted by molar-refractivity contribution is 0.0995. The molecule has 0 radical (unpaired) electrons. The van der Waals surface area contributed by atoms with Crippen LogP contribution in [0.1, 0.15) is 34.5 Å². The van der Waals surface area contributed by atoms with Crippen LogP contribution in [0.4, 0.5) is 5.69 Å². The Hall–Kier alpha value is -2.34. The number of halogens is 1. The van der Waals surface area contributed by atoms with Gasteiger partial charge in [0.05, 0.1) is 5.52 Å². The number of furan rings is 1. The Kier molecular flexibility index (Phi) is 3.76. The average Bonchev–Trinajstić information content (AvgIpc) is 3.02. The van der Waals surface area contributed by atoms with Crippen molar-refractivity contribution in [2.24, 2.45) is 0 Å². The minimum Gasteiger partial charge on any atom is -0.444 e. The molecule has 1 aliphatic rings. The highest BCUT2D eigenvalue weighted by Crippen LogP contribution is 2.27. The van der Waals surface area contributed by atoms with Crippen LogP contribution in [0.3, 0.4) is 0 Å². The van der Waals surface area contributed by atoms with Crippen molar-refractivity contribution in [1.82, 2.24) is 4.98 Å². The molecule has 2 aromatic heterocycles. The van der Waals surface area contributed by atoms with Crippen LogP contribution in [0.25, 0.3) is 10.9 Å². The fourth-order valence-electron chi connectivity index (χ4n) is 3.27. The number of rotatable bonds is 2. The first-order chi connectivity index (χ1) is 11.6. The van der Waals surface area contributed by atoms with Crippen molar-refractivity contribution in [2.75, 3.05) is 5.32 Å².